The maximum atomic E-state index is 14.8. The van der Waals surface area contributed by atoms with Crippen molar-refractivity contribution in [3.05, 3.63) is 83.9 Å². The summed E-state index contributed by atoms with van der Waals surface area (Å²) < 4.78 is 0. The molecule has 0 spiro atoms. The number of aromatic amines is 1. The number of hydrogen-bond acceptors (Lipinski definition) is 13. The zero-order valence-electron chi connectivity index (χ0n) is 43.1. The predicted molar refractivity (Wildman–Crippen MR) is 281 cm³/mol. The first-order valence-corrected chi connectivity index (χ1v) is 25.2. The Morgan fingerprint density at radius 1 is 0.697 bits per heavy atom. The topological polar surface area (TPSA) is 436 Å². The van der Waals surface area contributed by atoms with Crippen LogP contribution in [0.5, 0.6) is 5.75 Å². The number of nitrogens with zero attached hydrogens (tertiary/aromatic N) is 4. The lowest BCUT2D eigenvalue weighted by atomic mass is 9.99. The number of benzene rings is 2. The lowest BCUT2D eigenvalue weighted by Gasteiger charge is -2.31. The average Bonchev–Trinajstić information content (AvgIpc) is 4.11. The fraction of sp³-hybridized carbons (Fsp3) is 0.500. The van der Waals surface area contributed by atoms with E-state index < -0.39 is 95.7 Å². The van der Waals surface area contributed by atoms with E-state index in [9.17, 15) is 48.6 Å². The number of H-pyrrole nitrogens is 1. The Hall–Kier alpha value is -8.29. The minimum absolute atomic E-state index is 0.0195. The zero-order chi connectivity index (χ0) is 55.9. The second-order valence-electron chi connectivity index (χ2n) is 18.7. The van der Waals surface area contributed by atoms with Crippen LogP contribution in [0.4, 0.5) is 0 Å². The van der Waals surface area contributed by atoms with Gasteiger partial charge >= 0.3 is 5.97 Å². The molecule has 1 aromatic heterocycles. The van der Waals surface area contributed by atoms with Crippen LogP contribution < -0.4 is 60.6 Å². The number of carbonyl (C=O) groups excluding carboxylic acids is 7. The van der Waals surface area contributed by atoms with Crippen molar-refractivity contribution in [2.24, 2.45) is 44.6 Å². The molecule has 19 N–H and O–H groups in total. The van der Waals surface area contributed by atoms with Crippen LogP contribution in [0.25, 0.3) is 0 Å². The summed E-state index contributed by atoms with van der Waals surface area (Å²) in [6.07, 6.45) is 3.90. The Kier molecular flexibility index (Phi) is 23.9. The third-order valence-corrected chi connectivity index (χ3v) is 12.8. The summed E-state index contributed by atoms with van der Waals surface area (Å²) in [4.78, 5) is 127. The minimum Gasteiger partial charge on any atom is -0.508 e. The van der Waals surface area contributed by atoms with E-state index in [2.05, 4.69) is 51.9 Å². The Morgan fingerprint density at radius 2 is 1.24 bits per heavy atom. The van der Waals surface area contributed by atoms with E-state index in [1.165, 1.54) is 36.5 Å². The van der Waals surface area contributed by atoms with Crippen LogP contribution in [-0.2, 0) is 57.6 Å². The molecule has 1 fully saturated rings. The molecule has 2 aromatic carbocycles. The molecule has 76 heavy (non-hydrogen) atoms. The van der Waals surface area contributed by atoms with Crippen LogP contribution in [0.1, 0.15) is 82.5 Å². The molecule has 4 rings (SSSR count). The first-order valence-electron chi connectivity index (χ1n) is 25.2. The molecule has 9 atom stereocenters. The Bertz CT molecular complexity index is 2470. The van der Waals surface area contributed by atoms with Crippen molar-refractivity contribution in [2.75, 3.05) is 19.6 Å². The number of phenols is 1. The third-order valence-electron chi connectivity index (χ3n) is 12.8. The number of phenolic OH excluding ortho intramolecular Hbond substituents is 1. The molecule has 26 nitrogen and oxygen atoms in total. The molecule has 1 saturated heterocycles. The number of aromatic nitrogens is 2. The van der Waals surface area contributed by atoms with Gasteiger partial charge in [-0.1, -0.05) is 62.7 Å². The summed E-state index contributed by atoms with van der Waals surface area (Å²) in [6.45, 7) is 5.29. The summed E-state index contributed by atoms with van der Waals surface area (Å²) in [7, 11) is 0. The molecule has 26 heteroatoms. The number of hydrogen-bond donors (Lipinski definition) is 14. The van der Waals surface area contributed by atoms with E-state index in [1.807, 2.05) is 6.92 Å². The van der Waals surface area contributed by atoms with E-state index in [4.69, 9.17) is 28.7 Å². The lowest BCUT2D eigenvalue weighted by molar-refractivity contribution is -0.143. The van der Waals surface area contributed by atoms with Gasteiger partial charge in [0, 0.05) is 50.8 Å². The lowest BCUT2D eigenvalue weighted by Crippen LogP contribution is -2.60. The van der Waals surface area contributed by atoms with E-state index in [-0.39, 0.29) is 94.6 Å². The summed E-state index contributed by atoms with van der Waals surface area (Å²) in [5, 5.41) is 36.0. The molecule has 1 aliphatic heterocycles. The highest BCUT2D eigenvalue weighted by atomic mass is 16.4. The molecule has 0 aliphatic carbocycles. The maximum Gasteiger partial charge on any atom is 0.326 e. The van der Waals surface area contributed by atoms with Crippen molar-refractivity contribution < 1.29 is 48.6 Å². The number of nitrogens with one attached hydrogen (secondary N) is 7. The first-order chi connectivity index (χ1) is 36.2. The van der Waals surface area contributed by atoms with Gasteiger partial charge in [0.2, 0.25) is 41.4 Å². The standard InChI is InChI=1S/C50H74N16O10/c1-4-28(2)40(51)46(73)60-29(3)41(68)61-34(13-8-20-57-49(52)53)42(69)62-35(14-9-21-58-50(54)55)43(70)64-37(25-32-26-56-27-59-32)47(74)66-22-10-15-39(66)45(72)63-36(23-31-16-18-33(67)19-17-31)44(71)65-38(48(75)76)24-30-11-6-5-7-12-30/h5-7,11-12,16-19,26-29,34-40,67H,4,8-10,13-15,20-25,51H2,1-3H3,(H,56,59)(H,60,73)(H,61,68)(H,62,69)(H,63,72)(H,64,70)(H,65,71)(H,75,76)(H4,52,53,57)(H4,54,55,58)/t28-,29+,34-,35+,36+,37-,38-,39+,40-/m1/s1. The highest BCUT2D eigenvalue weighted by molar-refractivity contribution is 5.98. The van der Waals surface area contributed by atoms with Gasteiger partial charge in [0.05, 0.1) is 12.4 Å². The van der Waals surface area contributed by atoms with Crippen molar-refractivity contribution in [1.82, 2.24) is 46.8 Å². The normalized spacial score (nSPS) is 16.2. The summed E-state index contributed by atoms with van der Waals surface area (Å²) in [5.74, 6) is -7.07. The summed E-state index contributed by atoms with van der Waals surface area (Å²) in [5.41, 5.74) is 29.8. The van der Waals surface area contributed by atoms with Gasteiger partial charge in [0.25, 0.3) is 0 Å². The third kappa shape index (κ3) is 19.5. The molecule has 414 valence electrons. The SMILES string of the molecule is CC[C@@H](C)[C@@H](N)C(=O)N[C@@H](C)C(=O)N[C@H](CCCN=C(N)N)C(=O)N[C@@H](CCCN=C(N)N)C(=O)N[C@H](Cc1cnc[nH]1)C(=O)N1CCC[C@H]1C(=O)N[C@@H](Cc1ccc(O)cc1)C(=O)N[C@H](Cc1ccccc1)C(=O)O. The number of aliphatic imine (C=N–C) groups is 2. The number of carboxylic acids is 1. The molecule has 3 aromatic rings. The van der Waals surface area contributed by atoms with Crippen LogP contribution in [0.2, 0.25) is 0 Å². The Morgan fingerprint density at radius 3 is 1.79 bits per heavy atom. The van der Waals surface area contributed by atoms with Crippen molar-refractivity contribution in [1.29, 1.82) is 0 Å². The fourth-order valence-electron chi connectivity index (χ4n) is 8.26. The van der Waals surface area contributed by atoms with E-state index in [1.54, 1.807) is 49.4 Å². The predicted octanol–water partition coefficient (Wildman–Crippen LogP) is -2.37. The number of likely N-dealkylation sites (tertiary alicyclic amines) is 1. The number of carbonyl (C=O) groups is 8. The maximum absolute atomic E-state index is 14.8. The van der Waals surface area contributed by atoms with Crippen LogP contribution >= 0.6 is 0 Å². The molecule has 0 bridgehead atoms. The van der Waals surface area contributed by atoms with Crippen molar-refractivity contribution in [2.45, 2.75) is 133 Å². The van der Waals surface area contributed by atoms with Crippen LogP contribution in [-0.4, -0.2) is 152 Å². The Balaban J connectivity index is 1.60. The van der Waals surface area contributed by atoms with Gasteiger partial charge in [-0.05, 0) is 74.6 Å². The number of carboxylic acid groups (broad SMARTS) is 1. The zero-order valence-corrected chi connectivity index (χ0v) is 43.1. The number of aromatic hydroxyl groups is 1. The number of imidazole rings is 1. The van der Waals surface area contributed by atoms with E-state index in [0.717, 1.165) is 0 Å². The highest BCUT2D eigenvalue weighted by Crippen LogP contribution is 2.21. The fourth-order valence-corrected chi connectivity index (χ4v) is 8.26. The van der Waals surface area contributed by atoms with Gasteiger partial charge in [-0.3, -0.25) is 43.5 Å². The van der Waals surface area contributed by atoms with Crippen LogP contribution in [0, 0.1) is 5.92 Å². The van der Waals surface area contributed by atoms with Gasteiger partial charge in [0.15, 0.2) is 11.9 Å². The molecule has 2 heterocycles. The highest BCUT2D eigenvalue weighted by Gasteiger charge is 2.40. The number of guanidine groups is 2. The number of rotatable bonds is 30. The smallest absolute Gasteiger partial charge is 0.326 e. The quantitative estimate of drug-likeness (QED) is 0.0188. The molecule has 0 saturated carbocycles. The van der Waals surface area contributed by atoms with E-state index >= 15 is 0 Å². The van der Waals surface area contributed by atoms with Crippen LogP contribution in [0.3, 0.4) is 0 Å². The van der Waals surface area contributed by atoms with Crippen molar-refractivity contribution in [3.63, 3.8) is 0 Å². The van der Waals surface area contributed by atoms with Gasteiger partial charge in [0.1, 0.15) is 48.0 Å². The number of aliphatic carboxylic acids is 1. The van der Waals surface area contributed by atoms with Gasteiger partial charge in [-0.15, -0.1) is 0 Å². The second-order valence-corrected chi connectivity index (χ2v) is 18.7. The van der Waals surface area contributed by atoms with Crippen molar-refractivity contribution in [3.8, 4) is 5.75 Å². The van der Waals surface area contributed by atoms with Crippen LogP contribution in [0.15, 0.2) is 77.1 Å². The monoisotopic (exact) mass is 1060 g/mol. The average molecular weight is 1060 g/mol. The summed E-state index contributed by atoms with van der Waals surface area (Å²) in [6, 6.07) is 4.65. The van der Waals surface area contributed by atoms with Crippen molar-refractivity contribution >= 4 is 59.2 Å². The summed E-state index contributed by atoms with van der Waals surface area (Å²) >= 11 is 0. The molecule has 7 amide bonds. The molecular formula is C50H74N16O10. The number of amides is 7. The molecular weight excluding hydrogens is 985 g/mol. The van der Waals surface area contributed by atoms with Gasteiger partial charge in [-0.2, -0.15) is 0 Å². The van der Waals surface area contributed by atoms with E-state index in [0.29, 0.717) is 29.7 Å². The molecule has 0 unspecified atom stereocenters. The van der Waals surface area contributed by atoms with Gasteiger partial charge < -0.3 is 80.7 Å². The molecule has 1 aliphatic rings. The molecule has 0 radical (unpaired) electrons. The minimum atomic E-state index is -1.37. The largest absolute Gasteiger partial charge is 0.508 e. The number of nitrogens with two attached hydrogens (primary N) is 5. The Labute approximate surface area is 440 Å². The second kappa shape index (κ2) is 30.2. The first kappa shape index (κ1) is 60.3. The van der Waals surface area contributed by atoms with Gasteiger partial charge in [-0.25, -0.2) is 9.78 Å².